The number of para-hydroxylation sites is 1. The summed E-state index contributed by atoms with van der Waals surface area (Å²) >= 11 is 0. The highest BCUT2D eigenvalue weighted by atomic mass is 16.5. The first-order chi connectivity index (χ1) is 12.1. The van der Waals surface area contributed by atoms with E-state index in [-0.39, 0.29) is 23.7 Å². The number of hydrogen-bond acceptors (Lipinski definition) is 4. The third-order valence-electron chi connectivity index (χ3n) is 4.06. The first kappa shape index (κ1) is 16.7. The lowest BCUT2D eigenvalue weighted by atomic mass is 10.2. The molecule has 0 aromatic heterocycles. The van der Waals surface area contributed by atoms with Crippen LogP contribution in [0.25, 0.3) is 0 Å². The maximum atomic E-state index is 12.3. The standard InChI is InChI=1S/C19H18N2O4/c1-25-19(24)12-6-5-9-14(10-12)21-18(23)16-11-15(16)17(22)20-13-7-3-2-4-8-13/h2-10,15-16H,11H2,1H3,(H,20,22)(H,21,23). The maximum Gasteiger partial charge on any atom is 0.337 e. The maximum absolute atomic E-state index is 12.3. The number of esters is 1. The molecule has 2 aromatic carbocycles. The van der Waals surface area contributed by atoms with Gasteiger partial charge in [-0.3, -0.25) is 9.59 Å². The van der Waals surface area contributed by atoms with Crippen LogP contribution in [-0.2, 0) is 14.3 Å². The molecule has 0 heterocycles. The predicted molar refractivity (Wildman–Crippen MR) is 93.1 cm³/mol. The van der Waals surface area contributed by atoms with Crippen molar-refractivity contribution >= 4 is 29.2 Å². The van der Waals surface area contributed by atoms with Crippen molar-refractivity contribution in [2.75, 3.05) is 17.7 Å². The average molecular weight is 338 g/mol. The summed E-state index contributed by atoms with van der Waals surface area (Å²) < 4.78 is 4.66. The fourth-order valence-corrected chi connectivity index (χ4v) is 2.61. The van der Waals surface area contributed by atoms with Crippen molar-refractivity contribution in [3.63, 3.8) is 0 Å². The van der Waals surface area contributed by atoms with E-state index in [2.05, 4.69) is 15.4 Å². The van der Waals surface area contributed by atoms with E-state index in [1.165, 1.54) is 7.11 Å². The number of amides is 2. The summed E-state index contributed by atoms with van der Waals surface area (Å²) in [5.74, 6) is -1.54. The highest BCUT2D eigenvalue weighted by molar-refractivity contribution is 6.03. The zero-order valence-electron chi connectivity index (χ0n) is 13.7. The summed E-state index contributed by atoms with van der Waals surface area (Å²) in [6.07, 6.45) is 0.515. The molecule has 0 saturated heterocycles. The molecule has 128 valence electrons. The lowest BCUT2D eigenvalue weighted by Crippen LogP contribution is -2.20. The zero-order chi connectivity index (χ0) is 17.8. The van der Waals surface area contributed by atoms with Crippen LogP contribution in [0, 0.1) is 11.8 Å². The molecule has 0 bridgehead atoms. The van der Waals surface area contributed by atoms with Crippen LogP contribution in [-0.4, -0.2) is 24.9 Å². The fraction of sp³-hybridized carbons (Fsp3) is 0.211. The van der Waals surface area contributed by atoms with Crippen molar-refractivity contribution in [3.05, 3.63) is 60.2 Å². The molecule has 0 spiro atoms. The van der Waals surface area contributed by atoms with Gasteiger partial charge in [-0.2, -0.15) is 0 Å². The number of carbonyl (C=O) groups excluding carboxylic acids is 3. The Bertz CT molecular complexity index is 804. The largest absolute Gasteiger partial charge is 0.465 e. The number of rotatable bonds is 5. The Labute approximate surface area is 145 Å². The monoisotopic (exact) mass is 338 g/mol. The third-order valence-corrected chi connectivity index (χ3v) is 4.06. The van der Waals surface area contributed by atoms with Gasteiger partial charge in [-0.1, -0.05) is 24.3 Å². The van der Waals surface area contributed by atoms with Crippen LogP contribution in [0.15, 0.2) is 54.6 Å². The Balaban J connectivity index is 1.57. The van der Waals surface area contributed by atoms with Crippen molar-refractivity contribution in [2.45, 2.75) is 6.42 Å². The van der Waals surface area contributed by atoms with Crippen molar-refractivity contribution < 1.29 is 19.1 Å². The van der Waals surface area contributed by atoms with Crippen LogP contribution < -0.4 is 10.6 Å². The predicted octanol–water partition coefficient (Wildman–Crippen LogP) is 2.69. The molecular formula is C19H18N2O4. The van der Waals surface area contributed by atoms with Gasteiger partial charge in [-0.25, -0.2) is 4.79 Å². The van der Waals surface area contributed by atoms with E-state index < -0.39 is 5.97 Å². The molecule has 2 amide bonds. The number of methoxy groups -OCH3 is 1. The number of nitrogens with one attached hydrogen (secondary N) is 2. The minimum Gasteiger partial charge on any atom is -0.465 e. The van der Waals surface area contributed by atoms with Gasteiger partial charge in [0, 0.05) is 11.4 Å². The van der Waals surface area contributed by atoms with Gasteiger partial charge in [0.15, 0.2) is 0 Å². The summed E-state index contributed by atoms with van der Waals surface area (Å²) in [7, 11) is 1.30. The molecule has 0 aliphatic heterocycles. The Hall–Kier alpha value is -3.15. The lowest BCUT2D eigenvalue weighted by Gasteiger charge is -2.07. The Kier molecular flexibility index (Phi) is 4.79. The second-order valence-electron chi connectivity index (χ2n) is 5.87. The molecule has 2 unspecified atom stereocenters. The molecule has 1 aliphatic rings. The molecule has 1 aliphatic carbocycles. The quantitative estimate of drug-likeness (QED) is 0.821. The summed E-state index contributed by atoms with van der Waals surface area (Å²) in [4.78, 5) is 36.0. The topological polar surface area (TPSA) is 84.5 Å². The van der Waals surface area contributed by atoms with Gasteiger partial charge in [0.2, 0.25) is 11.8 Å². The van der Waals surface area contributed by atoms with Crippen LogP contribution in [0.5, 0.6) is 0 Å². The van der Waals surface area contributed by atoms with Crippen molar-refractivity contribution in [1.29, 1.82) is 0 Å². The Morgan fingerprint density at radius 3 is 2.12 bits per heavy atom. The van der Waals surface area contributed by atoms with E-state index in [1.807, 2.05) is 18.2 Å². The van der Waals surface area contributed by atoms with E-state index in [4.69, 9.17) is 0 Å². The molecule has 3 rings (SSSR count). The Morgan fingerprint density at radius 1 is 0.880 bits per heavy atom. The van der Waals surface area contributed by atoms with Crippen LogP contribution in [0.4, 0.5) is 11.4 Å². The second kappa shape index (κ2) is 7.17. The number of ether oxygens (including phenoxy) is 1. The highest BCUT2D eigenvalue weighted by Crippen LogP contribution is 2.40. The molecule has 2 aromatic rings. The van der Waals surface area contributed by atoms with E-state index in [9.17, 15) is 14.4 Å². The summed E-state index contributed by atoms with van der Waals surface area (Å²) in [5.41, 5.74) is 1.57. The van der Waals surface area contributed by atoms with Gasteiger partial charge in [0.05, 0.1) is 24.5 Å². The molecule has 1 fully saturated rings. The second-order valence-corrected chi connectivity index (χ2v) is 5.87. The lowest BCUT2D eigenvalue weighted by molar-refractivity contribution is -0.122. The van der Waals surface area contributed by atoms with Crippen molar-refractivity contribution in [1.82, 2.24) is 0 Å². The van der Waals surface area contributed by atoms with Crippen molar-refractivity contribution in [3.8, 4) is 0 Å². The average Bonchev–Trinajstić information content (AvgIpc) is 3.43. The van der Waals surface area contributed by atoms with Gasteiger partial charge >= 0.3 is 5.97 Å². The van der Waals surface area contributed by atoms with Crippen LogP contribution in [0.2, 0.25) is 0 Å². The van der Waals surface area contributed by atoms with Gasteiger partial charge in [0.1, 0.15) is 0 Å². The van der Waals surface area contributed by atoms with E-state index in [0.717, 1.165) is 0 Å². The van der Waals surface area contributed by atoms with E-state index in [1.54, 1.807) is 36.4 Å². The zero-order valence-corrected chi connectivity index (χ0v) is 13.7. The molecule has 1 saturated carbocycles. The van der Waals surface area contributed by atoms with Gasteiger partial charge < -0.3 is 15.4 Å². The SMILES string of the molecule is COC(=O)c1cccc(NC(=O)C2CC2C(=O)Nc2ccccc2)c1. The van der Waals surface area contributed by atoms with Crippen LogP contribution >= 0.6 is 0 Å². The minimum atomic E-state index is -0.470. The van der Waals surface area contributed by atoms with Crippen molar-refractivity contribution in [2.24, 2.45) is 11.8 Å². The summed E-state index contributed by atoms with van der Waals surface area (Å²) in [6, 6.07) is 15.6. The number of anilines is 2. The third kappa shape index (κ3) is 4.03. The molecule has 6 heteroatoms. The fourth-order valence-electron chi connectivity index (χ4n) is 2.61. The number of carbonyl (C=O) groups is 3. The number of benzene rings is 2. The summed E-state index contributed by atoms with van der Waals surface area (Å²) in [6.45, 7) is 0. The van der Waals surface area contributed by atoms with Gasteiger partial charge in [-0.05, 0) is 36.8 Å². The van der Waals surface area contributed by atoms with Crippen LogP contribution in [0.3, 0.4) is 0 Å². The van der Waals surface area contributed by atoms with Gasteiger partial charge in [-0.15, -0.1) is 0 Å². The van der Waals surface area contributed by atoms with Gasteiger partial charge in [0.25, 0.3) is 0 Å². The van der Waals surface area contributed by atoms with E-state index in [0.29, 0.717) is 23.4 Å². The first-order valence-corrected chi connectivity index (χ1v) is 7.93. The first-order valence-electron chi connectivity index (χ1n) is 7.93. The molecule has 2 atom stereocenters. The molecule has 2 N–H and O–H groups in total. The van der Waals surface area contributed by atoms with E-state index >= 15 is 0 Å². The minimum absolute atomic E-state index is 0.158. The molecule has 6 nitrogen and oxygen atoms in total. The number of hydrogen-bond donors (Lipinski definition) is 2. The normalized spacial score (nSPS) is 18.1. The smallest absolute Gasteiger partial charge is 0.337 e. The molecular weight excluding hydrogens is 320 g/mol. The van der Waals surface area contributed by atoms with Crippen LogP contribution in [0.1, 0.15) is 16.8 Å². The molecule has 0 radical (unpaired) electrons. The molecule has 25 heavy (non-hydrogen) atoms. The highest BCUT2D eigenvalue weighted by Gasteiger charge is 2.48. The Morgan fingerprint density at radius 2 is 1.48 bits per heavy atom. The summed E-state index contributed by atoms with van der Waals surface area (Å²) in [5, 5.41) is 5.55.